The average Bonchev–Trinajstić information content (AvgIpc) is 2.74. The van der Waals surface area contributed by atoms with Gasteiger partial charge >= 0.3 is 0 Å². The van der Waals surface area contributed by atoms with Gasteiger partial charge in [-0.3, -0.25) is 4.79 Å². The summed E-state index contributed by atoms with van der Waals surface area (Å²) in [5.74, 6) is 2.12. The molecule has 170 valence electrons. The van der Waals surface area contributed by atoms with Gasteiger partial charge in [0.15, 0.2) is 17.5 Å². The second-order valence-corrected chi connectivity index (χ2v) is 6.88. The van der Waals surface area contributed by atoms with Gasteiger partial charge in [-0.05, 0) is 50.8 Å². The Kier molecular flexibility index (Phi) is 13.1. The number of rotatable bonds is 14. The lowest BCUT2D eigenvalue weighted by atomic mass is 10.1. The summed E-state index contributed by atoms with van der Waals surface area (Å²) >= 11 is 0. The van der Waals surface area contributed by atoms with Crippen LogP contribution in [-0.4, -0.2) is 77.4 Å². The standard InChI is InChI=1S/C22H38N4O4/c1-6-29-15-9-14-24-22(25-17-21(27)26(3)4)23-13-8-10-18-11-12-19(28-5)20(16-18)30-7-2/h11-12,16H,6-10,13-15,17H2,1-5H3,(H2,23,24,25). The zero-order valence-electron chi connectivity index (χ0n) is 19.1. The van der Waals surface area contributed by atoms with E-state index in [4.69, 9.17) is 14.2 Å². The molecule has 0 radical (unpaired) electrons. The molecule has 0 aromatic heterocycles. The summed E-state index contributed by atoms with van der Waals surface area (Å²) in [6.07, 6.45) is 2.69. The summed E-state index contributed by atoms with van der Waals surface area (Å²) in [6, 6.07) is 6.02. The molecule has 0 spiro atoms. The Balaban J connectivity index is 2.53. The molecule has 0 fully saturated rings. The van der Waals surface area contributed by atoms with E-state index in [0.29, 0.717) is 25.8 Å². The van der Waals surface area contributed by atoms with Crippen molar-refractivity contribution in [2.45, 2.75) is 33.1 Å². The van der Waals surface area contributed by atoms with E-state index in [0.717, 1.165) is 43.9 Å². The second kappa shape index (κ2) is 15.4. The number of nitrogens with zero attached hydrogens (tertiary/aromatic N) is 2. The third kappa shape index (κ3) is 10.3. The molecule has 1 amide bonds. The van der Waals surface area contributed by atoms with E-state index >= 15 is 0 Å². The fourth-order valence-electron chi connectivity index (χ4n) is 2.63. The predicted octanol–water partition coefficient (Wildman–Crippen LogP) is 2.08. The van der Waals surface area contributed by atoms with Crippen molar-refractivity contribution in [3.8, 4) is 11.5 Å². The molecule has 1 rings (SSSR count). The lowest BCUT2D eigenvalue weighted by molar-refractivity contribution is -0.127. The van der Waals surface area contributed by atoms with Crippen LogP contribution >= 0.6 is 0 Å². The van der Waals surface area contributed by atoms with Crippen LogP contribution in [0.25, 0.3) is 0 Å². The topological polar surface area (TPSA) is 84.4 Å². The lowest BCUT2D eigenvalue weighted by Crippen LogP contribution is -2.39. The van der Waals surface area contributed by atoms with Gasteiger partial charge in [0, 0.05) is 40.4 Å². The van der Waals surface area contributed by atoms with Crippen LogP contribution in [0.4, 0.5) is 0 Å². The molecule has 0 heterocycles. The highest BCUT2D eigenvalue weighted by Crippen LogP contribution is 2.28. The summed E-state index contributed by atoms with van der Waals surface area (Å²) in [5, 5.41) is 6.57. The first kappa shape index (κ1) is 25.6. The van der Waals surface area contributed by atoms with Gasteiger partial charge in [-0.1, -0.05) is 6.07 Å². The largest absolute Gasteiger partial charge is 0.493 e. The zero-order valence-corrected chi connectivity index (χ0v) is 19.1. The monoisotopic (exact) mass is 422 g/mol. The number of hydrogen-bond acceptors (Lipinski definition) is 5. The SMILES string of the molecule is CCOCCCNC(=NCC(=O)N(C)C)NCCCc1ccc(OC)c(OCC)c1. The maximum absolute atomic E-state index is 11.8. The summed E-state index contributed by atoms with van der Waals surface area (Å²) in [5.41, 5.74) is 1.19. The van der Waals surface area contributed by atoms with Crippen LogP contribution in [-0.2, 0) is 16.0 Å². The zero-order chi connectivity index (χ0) is 22.2. The van der Waals surface area contributed by atoms with Crippen molar-refractivity contribution in [3.63, 3.8) is 0 Å². The van der Waals surface area contributed by atoms with E-state index in [1.807, 2.05) is 26.0 Å². The third-order valence-corrected chi connectivity index (χ3v) is 4.30. The van der Waals surface area contributed by atoms with Crippen molar-refractivity contribution in [1.29, 1.82) is 0 Å². The quantitative estimate of drug-likeness (QED) is 0.271. The first-order valence-corrected chi connectivity index (χ1v) is 10.6. The van der Waals surface area contributed by atoms with Crippen molar-refractivity contribution in [2.75, 3.05) is 60.7 Å². The molecule has 0 unspecified atom stereocenters. The van der Waals surface area contributed by atoms with Crippen LogP contribution in [0.15, 0.2) is 23.2 Å². The number of carbonyl (C=O) groups excluding carboxylic acids is 1. The number of ether oxygens (including phenoxy) is 3. The van der Waals surface area contributed by atoms with Crippen LogP contribution < -0.4 is 20.1 Å². The van der Waals surface area contributed by atoms with Gasteiger partial charge in [0.05, 0.1) is 13.7 Å². The lowest BCUT2D eigenvalue weighted by Gasteiger charge is -2.14. The van der Waals surface area contributed by atoms with Crippen molar-refractivity contribution in [2.24, 2.45) is 4.99 Å². The van der Waals surface area contributed by atoms with Crippen molar-refractivity contribution < 1.29 is 19.0 Å². The minimum atomic E-state index is -0.0351. The van der Waals surface area contributed by atoms with Crippen LogP contribution in [0.3, 0.4) is 0 Å². The highest BCUT2D eigenvalue weighted by molar-refractivity contribution is 5.84. The first-order chi connectivity index (χ1) is 14.5. The number of likely N-dealkylation sites (N-methyl/N-ethyl adjacent to an activating group) is 1. The number of benzene rings is 1. The summed E-state index contributed by atoms with van der Waals surface area (Å²) < 4.78 is 16.3. The van der Waals surface area contributed by atoms with Gasteiger partial charge in [0.2, 0.25) is 5.91 Å². The molecule has 0 aliphatic heterocycles. The highest BCUT2D eigenvalue weighted by Gasteiger charge is 2.07. The Bertz CT molecular complexity index is 650. The van der Waals surface area contributed by atoms with E-state index < -0.39 is 0 Å². The molecular formula is C22H38N4O4. The smallest absolute Gasteiger partial charge is 0.243 e. The van der Waals surface area contributed by atoms with Gasteiger partial charge < -0.3 is 29.7 Å². The van der Waals surface area contributed by atoms with Crippen molar-refractivity contribution in [1.82, 2.24) is 15.5 Å². The van der Waals surface area contributed by atoms with Crippen LogP contribution in [0.1, 0.15) is 32.3 Å². The number of carbonyl (C=O) groups is 1. The second-order valence-electron chi connectivity index (χ2n) is 6.88. The molecule has 2 N–H and O–H groups in total. The highest BCUT2D eigenvalue weighted by atomic mass is 16.5. The molecule has 0 aliphatic carbocycles. The summed E-state index contributed by atoms with van der Waals surface area (Å²) in [6.45, 7) is 7.54. The number of nitrogens with one attached hydrogen (secondary N) is 2. The molecule has 0 saturated carbocycles. The normalized spacial score (nSPS) is 11.2. The molecule has 0 atom stereocenters. The maximum Gasteiger partial charge on any atom is 0.243 e. The minimum absolute atomic E-state index is 0.0351. The molecule has 0 saturated heterocycles. The van der Waals surface area contributed by atoms with Crippen molar-refractivity contribution in [3.05, 3.63) is 23.8 Å². The molecule has 0 bridgehead atoms. The average molecular weight is 423 g/mol. The van der Waals surface area contributed by atoms with E-state index in [-0.39, 0.29) is 12.5 Å². The van der Waals surface area contributed by atoms with Gasteiger partial charge in [-0.2, -0.15) is 0 Å². The number of amides is 1. The Morgan fingerprint density at radius 2 is 1.80 bits per heavy atom. The van der Waals surface area contributed by atoms with Gasteiger partial charge in [-0.15, -0.1) is 0 Å². The first-order valence-electron chi connectivity index (χ1n) is 10.6. The summed E-state index contributed by atoms with van der Waals surface area (Å²) in [7, 11) is 5.10. The van der Waals surface area contributed by atoms with E-state index in [2.05, 4.69) is 21.7 Å². The molecular weight excluding hydrogens is 384 g/mol. The summed E-state index contributed by atoms with van der Waals surface area (Å²) in [4.78, 5) is 17.8. The fraction of sp³-hybridized carbons (Fsp3) is 0.636. The number of guanidine groups is 1. The van der Waals surface area contributed by atoms with Crippen molar-refractivity contribution >= 4 is 11.9 Å². The van der Waals surface area contributed by atoms with Gasteiger partial charge in [0.1, 0.15) is 6.54 Å². The van der Waals surface area contributed by atoms with E-state index in [9.17, 15) is 4.79 Å². The number of methoxy groups -OCH3 is 1. The van der Waals surface area contributed by atoms with Crippen LogP contribution in [0, 0.1) is 0 Å². The number of hydrogen-bond donors (Lipinski definition) is 2. The Hall–Kier alpha value is -2.48. The fourth-order valence-corrected chi connectivity index (χ4v) is 2.63. The van der Waals surface area contributed by atoms with Crippen LogP contribution in [0.5, 0.6) is 11.5 Å². The third-order valence-electron chi connectivity index (χ3n) is 4.30. The van der Waals surface area contributed by atoms with Gasteiger partial charge in [-0.25, -0.2) is 4.99 Å². The maximum atomic E-state index is 11.8. The van der Waals surface area contributed by atoms with Crippen LogP contribution in [0.2, 0.25) is 0 Å². The van der Waals surface area contributed by atoms with E-state index in [1.165, 1.54) is 10.5 Å². The molecule has 1 aromatic carbocycles. The predicted molar refractivity (Wildman–Crippen MR) is 121 cm³/mol. The van der Waals surface area contributed by atoms with E-state index in [1.54, 1.807) is 21.2 Å². The van der Waals surface area contributed by atoms with Gasteiger partial charge in [0.25, 0.3) is 0 Å². The molecule has 0 aliphatic rings. The Labute approximate surface area is 181 Å². The Morgan fingerprint density at radius 1 is 1.07 bits per heavy atom. The molecule has 8 nitrogen and oxygen atoms in total. The molecule has 8 heteroatoms. The number of aliphatic imine (C=N–C) groups is 1. The molecule has 1 aromatic rings. The Morgan fingerprint density at radius 3 is 2.43 bits per heavy atom. The minimum Gasteiger partial charge on any atom is -0.493 e. The number of aryl methyl sites for hydroxylation is 1. The molecule has 30 heavy (non-hydrogen) atoms.